The van der Waals surface area contributed by atoms with E-state index in [1.54, 1.807) is 25.0 Å². The first-order valence-electron chi connectivity index (χ1n) is 13.9. The summed E-state index contributed by atoms with van der Waals surface area (Å²) in [6.07, 6.45) is 1.36. The summed E-state index contributed by atoms with van der Waals surface area (Å²) < 4.78 is 23.2. The van der Waals surface area contributed by atoms with Crippen LogP contribution in [0.1, 0.15) is 40.2 Å². The third-order valence-electron chi connectivity index (χ3n) is 7.53. The Hall–Kier alpha value is -3.83. The molecular formula is C30H40N4O7. The maximum atomic E-state index is 13.5. The lowest BCUT2D eigenvalue weighted by atomic mass is 9.97. The topological polar surface area (TPSA) is 124 Å². The monoisotopic (exact) mass is 568 g/mol. The summed E-state index contributed by atoms with van der Waals surface area (Å²) in [4.78, 5) is 42.9. The number of piperidine rings is 1. The number of nitrogens with one attached hydrogen (secondary N) is 2. The van der Waals surface area contributed by atoms with E-state index in [4.69, 9.17) is 18.9 Å². The number of amides is 2. The van der Waals surface area contributed by atoms with Gasteiger partial charge in [0.1, 0.15) is 12.4 Å². The molecule has 1 aliphatic heterocycles. The Labute approximate surface area is 239 Å². The number of fused-ring (bicyclic) bond motifs is 1. The molecule has 1 aliphatic rings. The van der Waals surface area contributed by atoms with Gasteiger partial charge in [-0.25, -0.2) is 4.79 Å². The van der Waals surface area contributed by atoms with Gasteiger partial charge in [-0.15, -0.1) is 0 Å². The van der Waals surface area contributed by atoms with Crippen molar-refractivity contribution in [2.45, 2.75) is 39.8 Å². The molecular weight excluding hydrogens is 528 g/mol. The van der Waals surface area contributed by atoms with Gasteiger partial charge in [0.2, 0.25) is 0 Å². The molecule has 3 heterocycles. The van der Waals surface area contributed by atoms with Crippen molar-refractivity contribution in [1.29, 1.82) is 0 Å². The summed E-state index contributed by atoms with van der Waals surface area (Å²) in [5.74, 6) is 0.539. The summed E-state index contributed by atoms with van der Waals surface area (Å²) >= 11 is 0. The molecule has 0 bridgehead atoms. The number of hydrogen-bond donors (Lipinski definition) is 2. The lowest BCUT2D eigenvalue weighted by molar-refractivity contribution is 0.0297. The highest BCUT2D eigenvalue weighted by Crippen LogP contribution is 2.29. The van der Waals surface area contributed by atoms with Crippen molar-refractivity contribution in [2.24, 2.45) is 5.92 Å². The van der Waals surface area contributed by atoms with E-state index in [0.29, 0.717) is 61.4 Å². The predicted octanol–water partition coefficient (Wildman–Crippen LogP) is 3.40. The Balaban J connectivity index is 1.39. The first-order valence-corrected chi connectivity index (χ1v) is 13.9. The second-order valence-corrected chi connectivity index (χ2v) is 10.2. The number of pyridine rings is 1. The second-order valence-electron chi connectivity index (χ2n) is 10.2. The zero-order chi connectivity index (χ0) is 29.4. The third kappa shape index (κ3) is 7.28. The number of benzene rings is 1. The quantitative estimate of drug-likeness (QED) is 0.321. The molecule has 0 atom stereocenters. The van der Waals surface area contributed by atoms with E-state index in [-0.39, 0.29) is 30.7 Å². The molecule has 1 saturated heterocycles. The molecule has 1 fully saturated rings. The van der Waals surface area contributed by atoms with Gasteiger partial charge in [0, 0.05) is 49.0 Å². The number of likely N-dealkylation sites (tertiary alicyclic amines) is 1. The summed E-state index contributed by atoms with van der Waals surface area (Å²) in [6, 6.07) is 9.60. The average molecular weight is 569 g/mol. The molecule has 1 aromatic carbocycles. The lowest BCUT2D eigenvalue weighted by Crippen LogP contribution is -2.40. The molecule has 3 aromatic rings. The lowest BCUT2D eigenvalue weighted by Gasteiger charge is -2.32. The number of para-hydroxylation sites is 1. The summed E-state index contributed by atoms with van der Waals surface area (Å²) in [7, 11) is 3.12. The summed E-state index contributed by atoms with van der Waals surface area (Å²) in [6.45, 7) is 7.29. The molecule has 2 N–H and O–H groups in total. The number of carbonyl (C=O) groups is 2. The van der Waals surface area contributed by atoms with Gasteiger partial charge >= 0.3 is 6.09 Å². The van der Waals surface area contributed by atoms with Gasteiger partial charge in [0.15, 0.2) is 0 Å². The van der Waals surface area contributed by atoms with Crippen LogP contribution in [0.25, 0.3) is 10.9 Å². The number of aromatic nitrogens is 2. The Morgan fingerprint density at radius 1 is 1.05 bits per heavy atom. The van der Waals surface area contributed by atoms with E-state index in [1.165, 1.54) is 7.11 Å². The highest BCUT2D eigenvalue weighted by Gasteiger charge is 2.27. The molecule has 0 spiro atoms. The van der Waals surface area contributed by atoms with Crippen LogP contribution in [0.5, 0.6) is 5.75 Å². The minimum Gasteiger partial charge on any atom is -0.496 e. The normalized spacial score (nSPS) is 13.9. The maximum Gasteiger partial charge on any atom is 0.409 e. The molecule has 4 rings (SSSR count). The molecule has 2 aromatic heterocycles. The molecule has 41 heavy (non-hydrogen) atoms. The van der Waals surface area contributed by atoms with Crippen LogP contribution in [0.3, 0.4) is 0 Å². The number of carbonyl (C=O) groups excluding carboxylic acids is 2. The van der Waals surface area contributed by atoms with Crippen LogP contribution >= 0.6 is 0 Å². The SMILES string of the molecule is COCCOCCOC(=O)N1CCC(Cn2c(C)c(C(=O)NCc3c(OC)cc(C)[nH]c3=O)c3ccccc32)CC1. The van der Waals surface area contributed by atoms with Crippen molar-refractivity contribution in [3.63, 3.8) is 0 Å². The number of hydrogen-bond acceptors (Lipinski definition) is 7. The average Bonchev–Trinajstić information content (AvgIpc) is 3.25. The van der Waals surface area contributed by atoms with Crippen LogP contribution in [-0.4, -0.2) is 80.2 Å². The van der Waals surface area contributed by atoms with Crippen molar-refractivity contribution in [2.75, 3.05) is 53.7 Å². The van der Waals surface area contributed by atoms with Crippen molar-refractivity contribution >= 4 is 22.9 Å². The molecule has 0 radical (unpaired) electrons. The van der Waals surface area contributed by atoms with Crippen LogP contribution in [0.2, 0.25) is 0 Å². The Kier molecular flexibility index (Phi) is 10.4. The van der Waals surface area contributed by atoms with E-state index < -0.39 is 0 Å². The molecule has 11 heteroatoms. The Morgan fingerprint density at radius 2 is 1.78 bits per heavy atom. The number of rotatable bonds is 12. The number of methoxy groups -OCH3 is 2. The maximum absolute atomic E-state index is 13.5. The van der Waals surface area contributed by atoms with Crippen LogP contribution in [-0.2, 0) is 27.3 Å². The standard InChI is InChI=1S/C30H40N4O7/c1-20-17-26(39-4)24(28(35)32-20)18-31-29(36)27-21(2)34(25-8-6-5-7-23(25)27)19-22-9-11-33(12-10-22)30(37)41-16-15-40-14-13-38-3/h5-8,17,22H,9-16,18-19H2,1-4H3,(H,31,36)(H,32,35). The van der Waals surface area contributed by atoms with Gasteiger partial charge in [-0.1, -0.05) is 18.2 Å². The number of H-pyrrole nitrogens is 1. The van der Waals surface area contributed by atoms with E-state index in [2.05, 4.69) is 14.9 Å². The summed E-state index contributed by atoms with van der Waals surface area (Å²) in [5, 5.41) is 3.79. The van der Waals surface area contributed by atoms with Gasteiger partial charge in [-0.3, -0.25) is 9.59 Å². The largest absolute Gasteiger partial charge is 0.496 e. The van der Waals surface area contributed by atoms with E-state index in [0.717, 1.165) is 36.0 Å². The van der Waals surface area contributed by atoms with Gasteiger partial charge in [-0.05, 0) is 44.7 Å². The number of aromatic amines is 1. The highest BCUT2D eigenvalue weighted by molar-refractivity contribution is 6.08. The Morgan fingerprint density at radius 3 is 2.51 bits per heavy atom. The van der Waals surface area contributed by atoms with Crippen molar-refractivity contribution in [1.82, 2.24) is 19.8 Å². The number of ether oxygens (including phenoxy) is 4. The molecule has 222 valence electrons. The fourth-order valence-corrected chi connectivity index (χ4v) is 5.33. The van der Waals surface area contributed by atoms with Crippen molar-refractivity contribution < 1.29 is 28.5 Å². The molecule has 2 amide bonds. The minimum absolute atomic E-state index is 0.0460. The second kappa shape index (κ2) is 14.2. The van der Waals surface area contributed by atoms with Gasteiger partial charge in [-0.2, -0.15) is 0 Å². The Bertz CT molecular complexity index is 1410. The van der Waals surface area contributed by atoms with Gasteiger partial charge in [0.25, 0.3) is 11.5 Å². The smallest absolute Gasteiger partial charge is 0.409 e. The van der Waals surface area contributed by atoms with Crippen LogP contribution in [0, 0.1) is 19.8 Å². The molecule has 0 unspecified atom stereocenters. The predicted molar refractivity (Wildman–Crippen MR) is 155 cm³/mol. The fraction of sp³-hybridized carbons (Fsp3) is 0.500. The van der Waals surface area contributed by atoms with Crippen LogP contribution in [0.4, 0.5) is 4.79 Å². The molecule has 0 saturated carbocycles. The molecule has 0 aliphatic carbocycles. The van der Waals surface area contributed by atoms with Crippen LogP contribution < -0.4 is 15.6 Å². The third-order valence-corrected chi connectivity index (χ3v) is 7.53. The fourth-order valence-electron chi connectivity index (χ4n) is 5.33. The zero-order valence-electron chi connectivity index (χ0n) is 24.3. The molecule has 11 nitrogen and oxygen atoms in total. The van der Waals surface area contributed by atoms with Crippen molar-refractivity contribution in [3.8, 4) is 5.75 Å². The summed E-state index contributed by atoms with van der Waals surface area (Å²) in [5.41, 5.74) is 3.22. The number of nitrogens with zero attached hydrogens (tertiary/aromatic N) is 2. The first kappa shape index (κ1) is 30.1. The van der Waals surface area contributed by atoms with E-state index >= 15 is 0 Å². The number of aryl methyl sites for hydroxylation is 1. The first-order chi connectivity index (χ1) is 19.8. The minimum atomic E-state index is -0.315. The van der Waals surface area contributed by atoms with Gasteiger partial charge < -0.3 is 38.7 Å². The van der Waals surface area contributed by atoms with Crippen molar-refractivity contribution in [3.05, 3.63) is 63.2 Å². The van der Waals surface area contributed by atoms with Gasteiger partial charge in [0.05, 0.1) is 44.6 Å². The van der Waals surface area contributed by atoms with E-state index in [1.807, 2.05) is 31.2 Å². The van der Waals surface area contributed by atoms with E-state index in [9.17, 15) is 14.4 Å². The highest BCUT2D eigenvalue weighted by atomic mass is 16.6. The zero-order valence-corrected chi connectivity index (χ0v) is 24.3. The van der Waals surface area contributed by atoms with Crippen LogP contribution in [0.15, 0.2) is 35.1 Å².